The third-order valence-corrected chi connectivity index (χ3v) is 4.61. The average molecular weight is 296 g/mol. The molecule has 4 rings (SSSR count). The maximum absolute atomic E-state index is 10.4. The summed E-state index contributed by atoms with van der Waals surface area (Å²) in [5.41, 5.74) is 0.960. The highest BCUT2D eigenvalue weighted by molar-refractivity contribution is 6.08. The molecule has 0 aromatic heterocycles. The minimum absolute atomic E-state index is 0.466. The SMILES string of the molecule is O[C@@H]1[C@H](O)[C@@H](O)c2ccc3c(ccc4ccccc43)c2[C@H]1O. The lowest BCUT2D eigenvalue weighted by molar-refractivity contribution is -0.119. The van der Waals surface area contributed by atoms with Crippen molar-refractivity contribution in [2.24, 2.45) is 0 Å². The van der Waals surface area contributed by atoms with Gasteiger partial charge < -0.3 is 20.4 Å². The average Bonchev–Trinajstić information content (AvgIpc) is 2.56. The van der Waals surface area contributed by atoms with Crippen LogP contribution in [0.4, 0.5) is 0 Å². The fourth-order valence-electron chi connectivity index (χ4n) is 3.44. The molecule has 22 heavy (non-hydrogen) atoms. The van der Waals surface area contributed by atoms with Crippen molar-refractivity contribution < 1.29 is 20.4 Å². The van der Waals surface area contributed by atoms with Gasteiger partial charge in [-0.2, -0.15) is 0 Å². The van der Waals surface area contributed by atoms with Gasteiger partial charge in [0.1, 0.15) is 24.4 Å². The molecule has 0 bridgehead atoms. The van der Waals surface area contributed by atoms with Crippen LogP contribution in [0.5, 0.6) is 0 Å². The van der Waals surface area contributed by atoms with Gasteiger partial charge in [0.2, 0.25) is 0 Å². The Labute approximate surface area is 126 Å². The van der Waals surface area contributed by atoms with E-state index in [0.29, 0.717) is 11.1 Å². The molecule has 4 nitrogen and oxygen atoms in total. The molecule has 112 valence electrons. The van der Waals surface area contributed by atoms with E-state index in [1.165, 1.54) is 0 Å². The molecule has 0 amide bonds. The van der Waals surface area contributed by atoms with E-state index in [-0.39, 0.29) is 0 Å². The van der Waals surface area contributed by atoms with Gasteiger partial charge in [-0.3, -0.25) is 0 Å². The van der Waals surface area contributed by atoms with E-state index in [0.717, 1.165) is 21.5 Å². The summed E-state index contributed by atoms with van der Waals surface area (Å²) < 4.78 is 0. The van der Waals surface area contributed by atoms with Gasteiger partial charge >= 0.3 is 0 Å². The highest BCUT2D eigenvalue weighted by atomic mass is 16.4. The minimum Gasteiger partial charge on any atom is -0.387 e. The van der Waals surface area contributed by atoms with Crippen LogP contribution in [-0.4, -0.2) is 32.6 Å². The highest BCUT2D eigenvalue weighted by Gasteiger charge is 2.40. The minimum atomic E-state index is -1.40. The fourth-order valence-corrected chi connectivity index (χ4v) is 3.44. The van der Waals surface area contributed by atoms with Crippen LogP contribution in [0.3, 0.4) is 0 Å². The van der Waals surface area contributed by atoms with Crippen LogP contribution in [0.15, 0.2) is 48.5 Å². The Morgan fingerprint density at radius 3 is 2.09 bits per heavy atom. The Hall–Kier alpha value is -1.98. The fraction of sp³-hybridized carbons (Fsp3) is 0.222. The van der Waals surface area contributed by atoms with Crippen molar-refractivity contribution in [1.29, 1.82) is 0 Å². The van der Waals surface area contributed by atoms with Crippen LogP contribution >= 0.6 is 0 Å². The van der Waals surface area contributed by atoms with E-state index in [1.54, 1.807) is 6.07 Å². The lowest BCUT2D eigenvalue weighted by Crippen LogP contribution is -2.41. The zero-order valence-corrected chi connectivity index (χ0v) is 11.7. The number of aliphatic hydroxyl groups is 4. The smallest absolute Gasteiger partial charge is 0.113 e. The van der Waals surface area contributed by atoms with Gasteiger partial charge in [-0.15, -0.1) is 0 Å². The van der Waals surface area contributed by atoms with Gasteiger partial charge in [0, 0.05) is 0 Å². The Bertz CT molecular complexity index is 873. The largest absolute Gasteiger partial charge is 0.387 e. The predicted molar refractivity (Wildman–Crippen MR) is 83.4 cm³/mol. The molecule has 4 atom stereocenters. The first-order valence-electron chi connectivity index (χ1n) is 7.26. The number of benzene rings is 3. The first-order valence-corrected chi connectivity index (χ1v) is 7.26. The molecule has 1 aliphatic carbocycles. The highest BCUT2D eigenvalue weighted by Crippen LogP contribution is 2.42. The van der Waals surface area contributed by atoms with Gasteiger partial charge in [-0.05, 0) is 32.7 Å². The van der Waals surface area contributed by atoms with Crippen molar-refractivity contribution in [1.82, 2.24) is 0 Å². The van der Waals surface area contributed by atoms with Crippen LogP contribution in [0, 0.1) is 0 Å². The topological polar surface area (TPSA) is 80.9 Å². The van der Waals surface area contributed by atoms with E-state index in [9.17, 15) is 20.4 Å². The quantitative estimate of drug-likeness (QED) is 0.477. The molecule has 0 saturated carbocycles. The Morgan fingerprint density at radius 1 is 0.591 bits per heavy atom. The molecule has 0 spiro atoms. The molecule has 4 heteroatoms. The molecular weight excluding hydrogens is 280 g/mol. The normalized spacial score (nSPS) is 28.0. The standard InChI is InChI=1S/C18H16O4/c19-15-13-8-7-11-10-4-2-1-3-9(10)5-6-12(11)14(13)16(20)18(22)17(15)21/h1-8,15-22H/t15-,16+,17+,18-/m0/s1. The molecule has 0 aliphatic heterocycles. The zero-order valence-electron chi connectivity index (χ0n) is 11.7. The summed E-state index contributed by atoms with van der Waals surface area (Å²) >= 11 is 0. The summed E-state index contributed by atoms with van der Waals surface area (Å²) in [4.78, 5) is 0. The van der Waals surface area contributed by atoms with Gasteiger partial charge in [0.05, 0.1) is 0 Å². The first kappa shape index (κ1) is 13.7. The van der Waals surface area contributed by atoms with Crippen molar-refractivity contribution in [3.8, 4) is 0 Å². The lowest BCUT2D eigenvalue weighted by Gasteiger charge is -2.35. The van der Waals surface area contributed by atoms with Crippen LogP contribution in [0.25, 0.3) is 21.5 Å². The third kappa shape index (κ3) is 1.72. The molecule has 1 aliphatic rings. The van der Waals surface area contributed by atoms with E-state index in [1.807, 2.05) is 42.5 Å². The van der Waals surface area contributed by atoms with Gasteiger partial charge in [-0.1, -0.05) is 48.5 Å². The summed E-state index contributed by atoms with van der Waals surface area (Å²) in [6.45, 7) is 0. The van der Waals surface area contributed by atoms with Crippen molar-refractivity contribution in [2.75, 3.05) is 0 Å². The van der Waals surface area contributed by atoms with Gasteiger partial charge in [-0.25, -0.2) is 0 Å². The summed E-state index contributed by atoms with van der Waals surface area (Å²) in [7, 11) is 0. The number of rotatable bonds is 0. The summed E-state index contributed by atoms with van der Waals surface area (Å²) in [5, 5.41) is 44.2. The van der Waals surface area contributed by atoms with Gasteiger partial charge in [0.15, 0.2) is 0 Å². The van der Waals surface area contributed by atoms with Crippen LogP contribution in [-0.2, 0) is 0 Å². The molecule has 0 fully saturated rings. The second-order valence-corrected chi connectivity index (χ2v) is 5.82. The van der Waals surface area contributed by atoms with E-state index in [2.05, 4.69) is 0 Å². The maximum Gasteiger partial charge on any atom is 0.113 e. The predicted octanol–water partition coefficient (Wildman–Crippen LogP) is 1.80. The molecule has 4 N–H and O–H groups in total. The molecule has 3 aromatic rings. The zero-order chi connectivity index (χ0) is 15.4. The Kier molecular flexibility index (Phi) is 2.96. The van der Waals surface area contributed by atoms with Gasteiger partial charge in [0.25, 0.3) is 0 Å². The molecule has 0 saturated heterocycles. The van der Waals surface area contributed by atoms with Crippen molar-refractivity contribution in [2.45, 2.75) is 24.4 Å². The molecule has 0 heterocycles. The summed E-state index contributed by atoms with van der Waals surface area (Å²) in [5.74, 6) is 0. The van der Waals surface area contributed by atoms with Crippen molar-refractivity contribution >= 4 is 21.5 Å². The van der Waals surface area contributed by atoms with Crippen LogP contribution in [0.2, 0.25) is 0 Å². The number of hydrogen-bond acceptors (Lipinski definition) is 4. The lowest BCUT2D eigenvalue weighted by atomic mass is 9.80. The van der Waals surface area contributed by atoms with E-state index >= 15 is 0 Å². The maximum atomic E-state index is 10.4. The van der Waals surface area contributed by atoms with E-state index < -0.39 is 24.4 Å². The second kappa shape index (κ2) is 4.76. The van der Waals surface area contributed by atoms with Crippen molar-refractivity contribution in [3.63, 3.8) is 0 Å². The monoisotopic (exact) mass is 296 g/mol. The van der Waals surface area contributed by atoms with Crippen molar-refractivity contribution in [3.05, 3.63) is 59.7 Å². The molecule has 3 aromatic carbocycles. The Balaban J connectivity index is 2.10. The first-order chi connectivity index (χ1) is 10.6. The van der Waals surface area contributed by atoms with E-state index in [4.69, 9.17) is 0 Å². The molecule has 0 radical (unpaired) electrons. The third-order valence-electron chi connectivity index (χ3n) is 4.61. The Morgan fingerprint density at radius 2 is 1.27 bits per heavy atom. The second-order valence-electron chi connectivity index (χ2n) is 5.82. The molecule has 0 unspecified atom stereocenters. The van der Waals surface area contributed by atoms with Crippen LogP contribution < -0.4 is 0 Å². The number of hydrogen-bond donors (Lipinski definition) is 4. The van der Waals surface area contributed by atoms with Crippen LogP contribution in [0.1, 0.15) is 23.3 Å². The summed E-state index contributed by atoms with van der Waals surface area (Å²) in [6.07, 6.45) is -5.22. The number of aliphatic hydroxyl groups excluding tert-OH is 4. The number of fused-ring (bicyclic) bond motifs is 5. The molecular formula is C18H16O4. The summed E-state index contributed by atoms with van der Waals surface area (Å²) in [6, 6.07) is 15.4.